The van der Waals surface area contributed by atoms with Crippen LogP contribution in [-0.2, 0) is 24.9 Å². The fraction of sp³-hybridized carbons (Fsp3) is 0.0952. The largest absolute Gasteiger partial charge is 0.512 e. The zero-order chi connectivity index (χ0) is 20.1. The van der Waals surface area contributed by atoms with Gasteiger partial charge in [0, 0.05) is 38.6 Å². The second-order valence-corrected chi connectivity index (χ2v) is 5.23. The van der Waals surface area contributed by atoms with Crippen LogP contribution in [0.3, 0.4) is 0 Å². The summed E-state index contributed by atoms with van der Waals surface area (Å²) < 4.78 is 0. The van der Waals surface area contributed by atoms with E-state index in [4.69, 9.17) is 16.9 Å². The Morgan fingerprint density at radius 2 is 1.29 bits per heavy atom. The van der Waals surface area contributed by atoms with Gasteiger partial charge in [0.1, 0.15) is 0 Å². The van der Waals surface area contributed by atoms with E-state index in [1.165, 1.54) is 19.9 Å². The van der Waals surface area contributed by atoms with Crippen LogP contribution in [0, 0.1) is 11.8 Å². The van der Waals surface area contributed by atoms with E-state index in [9.17, 15) is 4.79 Å². The minimum atomic E-state index is -0.125. The van der Waals surface area contributed by atoms with Crippen LogP contribution in [0.5, 0.6) is 0 Å². The van der Waals surface area contributed by atoms with Crippen LogP contribution in [0.4, 0.5) is 0 Å². The van der Waals surface area contributed by atoms with Gasteiger partial charge in [0.25, 0.3) is 0 Å². The van der Waals surface area contributed by atoms with Crippen molar-refractivity contribution in [3.63, 3.8) is 0 Å². The Bertz CT molecular complexity index is 839. The zero-order valence-corrected chi connectivity index (χ0v) is 17.8. The molecule has 3 aromatic heterocycles. The molecule has 1 radical (unpaired) electrons. The molecule has 0 unspecified atom stereocenters. The molecular formula is C21H19IrN4O2-. The Morgan fingerprint density at radius 3 is 1.57 bits per heavy atom. The van der Waals surface area contributed by atoms with E-state index < -0.39 is 0 Å². The number of aliphatic hydroxyl groups excluding tert-OH is 1. The molecule has 3 aromatic rings. The number of carbonyl (C=O) groups excluding carboxylic acids is 1. The number of hydrogen-bond donors (Lipinski definition) is 1. The van der Waals surface area contributed by atoms with Crippen LogP contribution in [0.15, 0.2) is 78.8 Å². The molecule has 0 bridgehead atoms. The number of aliphatic hydroxyl groups is 1. The van der Waals surface area contributed by atoms with E-state index in [2.05, 4.69) is 15.0 Å². The van der Waals surface area contributed by atoms with Crippen molar-refractivity contribution in [3.8, 4) is 22.8 Å². The molecule has 28 heavy (non-hydrogen) atoms. The van der Waals surface area contributed by atoms with Crippen LogP contribution >= 0.6 is 0 Å². The molecule has 0 aliphatic heterocycles. The van der Waals surface area contributed by atoms with E-state index >= 15 is 0 Å². The molecule has 7 heteroatoms. The summed E-state index contributed by atoms with van der Waals surface area (Å²) in [6.07, 6.45) is 4.70. The maximum atomic E-state index is 10.0. The van der Waals surface area contributed by atoms with Gasteiger partial charge in [0.15, 0.2) is 5.78 Å². The number of ketones is 1. The molecule has 6 nitrogen and oxygen atoms in total. The normalized spacial score (nSPS) is 9.50. The van der Waals surface area contributed by atoms with Gasteiger partial charge in [-0.05, 0) is 50.2 Å². The molecule has 0 spiro atoms. The standard InChI is InChI=1S/C15H11N3.C5H8O2.CN.Ir/c1-3-10-16-12(6-1)14-8-5-9-15(18-14)13-7-2-4-11-17-13;1-4(6)3-5(2)7;1-2;/h1-11H;3,6H,1-2H3;;/q;;-1;/b;4-3-;;. The van der Waals surface area contributed by atoms with Gasteiger partial charge < -0.3 is 16.9 Å². The second kappa shape index (κ2) is 13.9. The third kappa shape index (κ3) is 8.95. The summed E-state index contributed by atoms with van der Waals surface area (Å²) in [5, 5.41) is 14.6. The molecule has 0 aromatic carbocycles. The minimum Gasteiger partial charge on any atom is -0.512 e. The average Bonchev–Trinajstić information content (AvgIpc) is 2.70. The van der Waals surface area contributed by atoms with Crippen molar-refractivity contribution in [2.45, 2.75) is 13.8 Å². The summed E-state index contributed by atoms with van der Waals surface area (Å²) in [4.78, 5) is 23.2. The van der Waals surface area contributed by atoms with Crippen molar-refractivity contribution >= 4 is 5.78 Å². The van der Waals surface area contributed by atoms with Gasteiger partial charge in [0.05, 0.1) is 28.5 Å². The van der Waals surface area contributed by atoms with Gasteiger partial charge in [0.2, 0.25) is 0 Å². The van der Waals surface area contributed by atoms with Crippen molar-refractivity contribution in [2.75, 3.05) is 0 Å². The predicted molar refractivity (Wildman–Crippen MR) is 103 cm³/mol. The summed E-state index contributed by atoms with van der Waals surface area (Å²) in [5.74, 6) is -0.0625. The zero-order valence-electron chi connectivity index (χ0n) is 15.4. The Balaban J connectivity index is 0.000000628. The fourth-order valence-corrected chi connectivity index (χ4v) is 2.04. The summed E-state index contributed by atoms with van der Waals surface area (Å²) in [6, 6.07) is 17.5. The SMILES string of the molecule is CC(=O)/C=C(/C)O.[C-]#N.[Ir].c1ccc(-c2cccc(-c3ccccn3)n2)nc1. The molecule has 0 aliphatic carbocycles. The van der Waals surface area contributed by atoms with E-state index in [0.717, 1.165) is 22.8 Å². The number of hydrogen-bond acceptors (Lipinski definition) is 6. The number of allylic oxidation sites excluding steroid dienone is 2. The van der Waals surface area contributed by atoms with Gasteiger partial charge in [-0.3, -0.25) is 14.8 Å². The number of carbonyl (C=O) groups is 1. The van der Waals surface area contributed by atoms with Crippen molar-refractivity contribution in [3.05, 3.63) is 85.4 Å². The molecule has 145 valence electrons. The summed E-state index contributed by atoms with van der Waals surface area (Å²) in [7, 11) is 0. The molecular weight excluding hydrogens is 532 g/mol. The molecule has 0 aliphatic rings. The van der Waals surface area contributed by atoms with Crippen LogP contribution in [-0.4, -0.2) is 25.8 Å². The van der Waals surface area contributed by atoms with Crippen LogP contribution < -0.4 is 0 Å². The Morgan fingerprint density at radius 1 is 0.857 bits per heavy atom. The molecule has 3 heterocycles. The van der Waals surface area contributed by atoms with E-state index in [0.29, 0.717) is 0 Å². The monoisotopic (exact) mass is 552 g/mol. The van der Waals surface area contributed by atoms with Crippen LogP contribution in [0.25, 0.3) is 22.8 Å². The fourth-order valence-electron chi connectivity index (χ4n) is 2.04. The first-order chi connectivity index (χ1) is 13.1. The third-order valence-corrected chi connectivity index (χ3v) is 3.02. The van der Waals surface area contributed by atoms with E-state index in [1.807, 2.05) is 54.6 Å². The molecule has 0 saturated heterocycles. The Labute approximate surface area is 178 Å². The van der Waals surface area contributed by atoms with Gasteiger partial charge >= 0.3 is 0 Å². The van der Waals surface area contributed by atoms with E-state index in [1.54, 1.807) is 12.4 Å². The second-order valence-electron chi connectivity index (χ2n) is 5.23. The maximum Gasteiger partial charge on any atom is 0.155 e. The van der Waals surface area contributed by atoms with Crippen LogP contribution in [0.1, 0.15) is 13.8 Å². The average molecular weight is 552 g/mol. The maximum absolute atomic E-state index is 10.0. The van der Waals surface area contributed by atoms with E-state index in [-0.39, 0.29) is 31.6 Å². The number of nitrogens with zero attached hydrogens (tertiary/aromatic N) is 4. The minimum absolute atomic E-state index is 0. The smallest absolute Gasteiger partial charge is 0.155 e. The molecule has 0 amide bonds. The number of rotatable bonds is 3. The summed E-state index contributed by atoms with van der Waals surface area (Å²) in [6.45, 7) is 7.60. The summed E-state index contributed by atoms with van der Waals surface area (Å²) >= 11 is 0. The van der Waals surface area contributed by atoms with Gasteiger partial charge in [-0.25, -0.2) is 4.98 Å². The van der Waals surface area contributed by atoms with Crippen molar-refractivity contribution < 1.29 is 30.0 Å². The number of pyridine rings is 3. The molecule has 0 saturated carbocycles. The van der Waals surface area contributed by atoms with Crippen molar-refractivity contribution in [1.29, 1.82) is 5.26 Å². The van der Waals surface area contributed by atoms with Gasteiger partial charge in [-0.15, -0.1) is 0 Å². The van der Waals surface area contributed by atoms with Crippen molar-refractivity contribution in [2.24, 2.45) is 0 Å². The first kappa shape index (κ1) is 24.8. The first-order valence-electron chi connectivity index (χ1n) is 7.96. The predicted octanol–water partition coefficient (Wildman–Crippen LogP) is 4.34. The van der Waals surface area contributed by atoms with Gasteiger partial charge in [-0.2, -0.15) is 0 Å². The molecule has 0 atom stereocenters. The Kier molecular flexibility index (Phi) is 12.3. The number of aromatic nitrogens is 3. The van der Waals surface area contributed by atoms with Gasteiger partial charge in [-0.1, -0.05) is 18.2 Å². The quantitative estimate of drug-likeness (QED) is 0.296. The third-order valence-electron chi connectivity index (χ3n) is 3.02. The Hall–Kier alpha value is -3.20. The van der Waals surface area contributed by atoms with Crippen LogP contribution in [0.2, 0.25) is 0 Å². The molecule has 1 N–H and O–H groups in total. The molecule has 0 fully saturated rings. The first-order valence-corrected chi connectivity index (χ1v) is 7.96. The molecule has 3 rings (SSSR count). The van der Waals surface area contributed by atoms with Crippen molar-refractivity contribution in [1.82, 2.24) is 15.0 Å². The summed E-state index contributed by atoms with van der Waals surface area (Å²) in [5.41, 5.74) is 3.46. The topological polar surface area (TPSA) is 99.8 Å².